The van der Waals surface area contributed by atoms with Crippen molar-refractivity contribution >= 4 is 21.8 Å². The fraction of sp³-hybridized carbons (Fsp3) is 0.600. The number of hydrogen-bond acceptors (Lipinski definition) is 4. The second kappa shape index (κ2) is 6.42. The van der Waals surface area contributed by atoms with Crippen LogP contribution in [0.15, 0.2) is 22.8 Å². The zero-order valence-corrected chi connectivity index (χ0v) is 13.6. The van der Waals surface area contributed by atoms with Gasteiger partial charge in [0.05, 0.1) is 0 Å². The zero-order chi connectivity index (χ0) is 14.8. The number of amides is 1. The van der Waals surface area contributed by atoms with Gasteiger partial charge in [-0.15, -0.1) is 0 Å². The lowest BCUT2D eigenvalue weighted by Gasteiger charge is -2.34. The Morgan fingerprint density at radius 1 is 1.29 bits per heavy atom. The van der Waals surface area contributed by atoms with E-state index in [2.05, 4.69) is 25.8 Å². The second-order valence-corrected chi connectivity index (χ2v) is 6.76. The lowest BCUT2D eigenvalue weighted by Crippen LogP contribution is -2.46. The number of likely N-dealkylation sites (tertiary alicyclic amines) is 2. The van der Waals surface area contributed by atoms with E-state index in [0.29, 0.717) is 17.8 Å². The maximum absolute atomic E-state index is 12.5. The highest BCUT2D eigenvalue weighted by Crippen LogP contribution is 2.23. The van der Waals surface area contributed by atoms with E-state index in [4.69, 9.17) is 5.73 Å². The maximum atomic E-state index is 12.5. The molecule has 0 radical (unpaired) electrons. The van der Waals surface area contributed by atoms with Crippen molar-refractivity contribution in [2.45, 2.75) is 31.3 Å². The third kappa shape index (κ3) is 3.27. The summed E-state index contributed by atoms with van der Waals surface area (Å²) in [7, 11) is 0. The molecular weight excluding hydrogens is 332 g/mol. The van der Waals surface area contributed by atoms with E-state index in [1.165, 1.54) is 0 Å². The first-order chi connectivity index (χ1) is 10.1. The molecule has 114 valence electrons. The number of nitrogens with two attached hydrogens (primary N) is 1. The number of hydrogen-bond donors (Lipinski definition) is 1. The molecule has 21 heavy (non-hydrogen) atoms. The third-order valence-electron chi connectivity index (χ3n) is 4.50. The van der Waals surface area contributed by atoms with Crippen molar-refractivity contribution in [3.05, 3.63) is 28.5 Å². The highest BCUT2D eigenvalue weighted by atomic mass is 79.9. The number of nitrogens with zero attached hydrogens (tertiary/aromatic N) is 3. The number of piperidine rings is 1. The molecule has 0 bridgehead atoms. The molecule has 2 fully saturated rings. The quantitative estimate of drug-likeness (QED) is 0.875. The molecule has 1 unspecified atom stereocenters. The molecule has 3 heterocycles. The van der Waals surface area contributed by atoms with Gasteiger partial charge >= 0.3 is 0 Å². The Kier molecular flexibility index (Phi) is 4.57. The molecule has 2 N–H and O–H groups in total. The monoisotopic (exact) mass is 352 g/mol. The first kappa shape index (κ1) is 14.9. The molecule has 1 aromatic heterocycles. The van der Waals surface area contributed by atoms with Gasteiger partial charge in [0.15, 0.2) is 0 Å². The van der Waals surface area contributed by atoms with Crippen LogP contribution in [0.4, 0.5) is 0 Å². The minimum atomic E-state index is 0.0266. The smallest absolute Gasteiger partial charge is 0.273 e. The maximum Gasteiger partial charge on any atom is 0.273 e. The van der Waals surface area contributed by atoms with Crippen LogP contribution in [0.3, 0.4) is 0 Å². The van der Waals surface area contributed by atoms with Gasteiger partial charge in [0.1, 0.15) is 5.69 Å². The molecule has 0 spiro atoms. The topological polar surface area (TPSA) is 62.5 Å². The molecule has 1 amide bonds. The van der Waals surface area contributed by atoms with E-state index in [1.54, 1.807) is 6.20 Å². The van der Waals surface area contributed by atoms with Crippen LogP contribution in [-0.2, 0) is 0 Å². The predicted molar refractivity (Wildman–Crippen MR) is 85.0 cm³/mol. The Morgan fingerprint density at radius 2 is 2.05 bits per heavy atom. The highest BCUT2D eigenvalue weighted by molar-refractivity contribution is 9.10. The SMILES string of the molecule is NC1CCN(C2CCN(C(=O)c3ncccc3Br)C2)CC1. The molecule has 0 aliphatic carbocycles. The van der Waals surface area contributed by atoms with Crippen LogP contribution in [-0.4, -0.2) is 59.0 Å². The Labute approximate surface area is 133 Å². The fourth-order valence-electron chi connectivity index (χ4n) is 3.20. The molecule has 0 saturated carbocycles. The third-order valence-corrected chi connectivity index (χ3v) is 5.14. The van der Waals surface area contributed by atoms with Gasteiger partial charge in [-0.3, -0.25) is 9.69 Å². The molecule has 2 aliphatic heterocycles. The predicted octanol–water partition coefficient (Wildman–Crippen LogP) is 1.48. The van der Waals surface area contributed by atoms with Gasteiger partial charge in [-0.1, -0.05) is 0 Å². The van der Waals surface area contributed by atoms with E-state index >= 15 is 0 Å². The average Bonchev–Trinajstić information content (AvgIpc) is 2.98. The van der Waals surface area contributed by atoms with Gasteiger partial charge in [0.2, 0.25) is 0 Å². The minimum absolute atomic E-state index is 0.0266. The van der Waals surface area contributed by atoms with Crippen molar-refractivity contribution in [1.29, 1.82) is 0 Å². The van der Waals surface area contributed by atoms with Crippen molar-refractivity contribution in [1.82, 2.24) is 14.8 Å². The van der Waals surface area contributed by atoms with Gasteiger partial charge in [-0.2, -0.15) is 0 Å². The van der Waals surface area contributed by atoms with Crippen molar-refractivity contribution in [3.63, 3.8) is 0 Å². The number of pyridine rings is 1. The summed E-state index contributed by atoms with van der Waals surface area (Å²) in [6, 6.07) is 4.51. The average molecular weight is 353 g/mol. The van der Waals surface area contributed by atoms with Crippen molar-refractivity contribution in [2.75, 3.05) is 26.2 Å². The van der Waals surface area contributed by atoms with Crippen LogP contribution >= 0.6 is 15.9 Å². The van der Waals surface area contributed by atoms with Crippen LogP contribution in [0, 0.1) is 0 Å². The van der Waals surface area contributed by atoms with Crippen LogP contribution in [0.2, 0.25) is 0 Å². The lowest BCUT2D eigenvalue weighted by molar-refractivity contribution is 0.0763. The summed E-state index contributed by atoms with van der Waals surface area (Å²) in [4.78, 5) is 21.2. The molecular formula is C15H21BrN4O. The van der Waals surface area contributed by atoms with E-state index in [1.807, 2.05) is 17.0 Å². The summed E-state index contributed by atoms with van der Waals surface area (Å²) in [5.41, 5.74) is 6.47. The van der Waals surface area contributed by atoms with E-state index in [0.717, 1.165) is 49.9 Å². The first-order valence-electron chi connectivity index (χ1n) is 7.54. The Balaban J connectivity index is 1.62. The summed E-state index contributed by atoms with van der Waals surface area (Å²) >= 11 is 3.41. The van der Waals surface area contributed by atoms with E-state index < -0.39 is 0 Å². The number of carbonyl (C=O) groups excluding carboxylic acids is 1. The number of carbonyl (C=O) groups is 1. The molecule has 2 saturated heterocycles. The van der Waals surface area contributed by atoms with Gasteiger partial charge in [-0.05, 0) is 60.4 Å². The van der Waals surface area contributed by atoms with Gasteiger partial charge in [0, 0.05) is 35.8 Å². The normalized spacial score (nSPS) is 24.5. The zero-order valence-electron chi connectivity index (χ0n) is 12.0. The van der Waals surface area contributed by atoms with Gasteiger partial charge in [0.25, 0.3) is 5.91 Å². The molecule has 2 aliphatic rings. The first-order valence-corrected chi connectivity index (χ1v) is 8.34. The summed E-state index contributed by atoms with van der Waals surface area (Å²) in [5.74, 6) is 0.0266. The molecule has 5 nitrogen and oxygen atoms in total. The van der Waals surface area contributed by atoms with Crippen molar-refractivity contribution < 1.29 is 4.79 Å². The Bertz CT molecular complexity index is 516. The van der Waals surface area contributed by atoms with Gasteiger partial charge in [-0.25, -0.2) is 4.98 Å². The summed E-state index contributed by atoms with van der Waals surface area (Å²) < 4.78 is 0.766. The Hall–Kier alpha value is -0.980. The minimum Gasteiger partial charge on any atom is -0.336 e. The standard InChI is InChI=1S/C15H21BrN4O/c16-13-2-1-6-18-14(13)15(21)20-9-5-12(10-20)19-7-3-11(17)4-8-19/h1-2,6,11-12H,3-5,7-10,17H2. The summed E-state index contributed by atoms with van der Waals surface area (Å²) in [6.45, 7) is 3.73. The van der Waals surface area contributed by atoms with Crippen LogP contribution in [0.25, 0.3) is 0 Å². The van der Waals surface area contributed by atoms with Crippen molar-refractivity contribution in [2.24, 2.45) is 5.73 Å². The highest BCUT2D eigenvalue weighted by Gasteiger charge is 2.33. The largest absolute Gasteiger partial charge is 0.336 e. The van der Waals surface area contributed by atoms with Gasteiger partial charge < -0.3 is 10.6 Å². The molecule has 1 aromatic rings. The van der Waals surface area contributed by atoms with Crippen LogP contribution in [0.5, 0.6) is 0 Å². The van der Waals surface area contributed by atoms with E-state index in [-0.39, 0.29) is 5.91 Å². The molecule has 6 heteroatoms. The van der Waals surface area contributed by atoms with Crippen molar-refractivity contribution in [3.8, 4) is 0 Å². The second-order valence-electron chi connectivity index (χ2n) is 5.90. The van der Waals surface area contributed by atoms with E-state index in [9.17, 15) is 4.79 Å². The number of halogens is 1. The van der Waals surface area contributed by atoms with Crippen LogP contribution in [0.1, 0.15) is 29.8 Å². The fourth-order valence-corrected chi connectivity index (χ4v) is 3.63. The Morgan fingerprint density at radius 3 is 2.76 bits per heavy atom. The molecule has 3 rings (SSSR count). The summed E-state index contributed by atoms with van der Waals surface area (Å²) in [5, 5.41) is 0. The number of rotatable bonds is 2. The number of aromatic nitrogens is 1. The molecule has 1 atom stereocenters. The van der Waals surface area contributed by atoms with Crippen LogP contribution < -0.4 is 5.73 Å². The summed E-state index contributed by atoms with van der Waals surface area (Å²) in [6.07, 6.45) is 4.84. The molecule has 0 aromatic carbocycles. The lowest BCUT2D eigenvalue weighted by atomic mass is 10.0.